The molecule has 1 atom stereocenters. The Morgan fingerprint density at radius 2 is 1.65 bits per heavy atom. The van der Waals surface area contributed by atoms with Crippen LogP contribution in [0.5, 0.6) is 5.75 Å². The number of ether oxygens (including phenoxy) is 1. The van der Waals surface area contributed by atoms with Crippen molar-refractivity contribution in [3.63, 3.8) is 0 Å². The second-order valence-corrected chi connectivity index (χ2v) is 7.32. The summed E-state index contributed by atoms with van der Waals surface area (Å²) in [6.45, 7) is 3.82. The molecule has 4 aromatic rings. The highest BCUT2D eigenvalue weighted by molar-refractivity contribution is 5.94. The molecule has 1 unspecified atom stereocenters. The Hall–Kier alpha value is -3.86. The third-order valence-corrected chi connectivity index (χ3v) is 5.03. The van der Waals surface area contributed by atoms with Crippen LogP contribution in [0.3, 0.4) is 0 Å². The van der Waals surface area contributed by atoms with Crippen molar-refractivity contribution in [1.29, 1.82) is 0 Å². The zero-order chi connectivity index (χ0) is 21.8. The Labute approximate surface area is 180 Å². The van der Waals surface area contributed by atoms with Crippen LogP contribution < -0.4 is 15.5 Å². The van der Waals surface area contributed by atoms with E-state index in [-0.39, 0.29) is 17.1 Å². The van der Waals surface area contributed by atoms with Crippen LogP contribution in [0, 0.1) is 6.92 Å². The number of hydrogen-bond acceptors (Lipinski definition) is 4. The summed E-state index contributed by atoms with van der Waals surface area (Å²) in [7, 11) is 0. The van der Waals surface area contributed by atoms with E-state index in [4.69, 9.17) is 9.15 Å². The highest BCUT2D eigenvalue weighted by atomic mass is 16.5. The fourth-order valence-corrected chi connectivity index (χ4v) is 3.34. The lowest BCUT2D eigenvalue weighted by Gasteiger charge is -2.19. The molecular weight excluding hydrogens is 390 g/mol. The molecule has 5 nitrogen and oxygen atoms in total. The van der Waals surface area contributed by atoms with Gasteiger partial charge in [0.1, 0.15) is 5.58 Å². The number of para-hydroxylation sites is 1. The van der Waals surface area contributed by atoms with Crippen LogP contribution >= 0.6 is 0 Å². The lowest BCUT2D eigenvalue weighted by atomic mass is 10.1. The topological polar surface area (TPSA) is 68.5 Å². The fourth-order valence-electron chi connectivity index (χ4n) is 3.34. The number of amides is 1. The number of aryl methyl sites for hydroxylation is 1. The fraction of sp³-hybridized carbons (Fsp3) is 0.154. The van der Waals surface area contributed by atoms with Crippen molar-refractivity contribution in [3.8, 4) is 17.1 Å². The molecule has 5 heteroatoms. The van der Waals surface area contributed by atoms with Crippen molar-refractivity contribution in [2.45, 2.75) is 26.4 Å². The van der Waals surface area contributed by atoms with Crippen LogP contribution in [0.1, 0.15) is 18.9 Å². The number of fused-ring (bicyclic) bond motifs is 1. The molecule has 0 saturated carbocycles. The number of rotatable bonds is 6. The minimum Gasteiger partial charge on any atom is -0.473 e. The highest BCUT2D eigenvalue weighted by Crippen LogP contribution is 2.31. The molecule has 0 fully saturated rings. The normalized spacial score (nSPS) is 11.8. The monoisotopic (exact) mass is 413 g/mol. The van der Waals surface area contributed by atoms with Gasteiger partial charge in [-0.2, -0.15) is 0 Å². The molecule has 1 heterocycles. The smallest absolute Gasteiger partial charge is 0.265 e. The van der Waals surface area contributed by atoms with Gasteiger partial charge in [-0.1, -0.05) is 67.1 Å². The summed E-state index contributed by atoms with van der Waals surface area (Å²) < 4.78 is 12.1. The minimum absolute atomic E-state index is 0.0378. The standard InChI is InChI=1S/C26H23NO4/c1-3-21(26(29)27-19-15-13-17(2)14-16-19)30-25-23(28)20-11-7-8-12-22(20)31-24(25)18-9-5-4-6-10-18/h4-16,21H,3H2,1-2H3,(H,27,29). The molecule has 0 bridgehead atoms. The van der Waals surface area contributed by atoms with Gasteiger partial charge in [0, 0.05) is 11.3 Å². The maximum Gasteiger partial charge on any atom is 0.265 e. The van der Waals surface area contributed by atoms with Gasteiger partial charge in [-0.05, 0) is 37.6 Å². The van der Waals surface area contributed by atoms with Crippen LogP contribution in [0.15, 0.2) is 88.1 Å². The quantitative estimate of drug-likeness (QED) is 0.449. The molecular formula is C26H23NO4. The minimum atomic E-state index is -0.854. The second kappa shape index (κ2) is 8.88. The largest absolute Gasteiger partial charge is 0.473 e. The molecule has 0 aliphatic carbocycles. The molecule has 0 aliphatic heterocycles. The summed E-state index contributed by atoms with van der Waals surface area (Å²) in [4.78, 5) is 26.2. The molecule has 0 saturated heterocycles. The Morgan fingerprint density at radius 1 is 0.968 bits per heavy atom. The molecule has 0 spiro atoms. The number of hydrogen-bond donors (Lipinski definition) is 1. The Kier molecular flexibility index (Phi) is 5.85. The third-order valence-electron chi connectivity index (χ3n) is 5.03. The Balaban J connectivity index is 1.73. The lowest BCUT2D eigenvalue weighted by Crippen LogP contribution is -2.34. The van der Waals surface area contributed by atoms with E-state index in [0.717, 1.165) is 5.56 Å². The maximum absolute atomic E-state index is 13.3. The second-order valence-electron chi connectivity index (χ2n) is 7.32. The van der Waals surface area contributed by atoms with Crippen molar-refractivity contribution in [2.75, 3.05) is 5.32 Å². The molecule has 0 radical (unpaired) electrons. The van der Waals surface area contributed by atoms with E-state index in [9.17, 15) is 9.59 Å². The van der Waals surface area contributed by atoms with E-state index < -0.39 is 6.10 Å². The third kappa shape index (κ3) is 4.36. The van der Waals surface area contributed by atoms with Gasteiger partial charge in [0.15, 0.2) is 11.9 Å². The van der Waals surface area contributed by atoms with E-state index in [2.05, 4.69) is 5.32 Å². The van der Waals surface area contributed by atoms with Gasteiger partial charge in [0.05, 0.1) is 5.39 Å². The number of carbonyl (C=O) groups excluding carboxylic acids is 1. The van der Waals surface area contributed by atoms with Crippen molar-refractivity contribution in [3.05, 3.63) is 94.6 Å². The molecule has 31 heavy (non-hydrogen) atoms. The van der Waals surface area contributed by atoms with E-state index in [0.29, 0.717) is 34.4 Å². The van der Waals surface area contributed by atoms with E-state index in [1.165, 1.54) is 0 Å². The van der Waals surface area contributed by atoms with Crippen molar-refractivity contribution < 1.29 is 13.9 Å². The van der Waals surface area contributed by atoms with Crippen LogP contribution in [-0.4, -0.2) is 12.0 Å². The molecule has 0 aliphatic rings. The lowest BCUT2D eigenvalue weighted by molar-refractivity contribution is -0.122. The van der Waals surface area contributed by atoms with Gasteiger partial charge in [-0.25, -0.2) is 0 Å². The predicted octanol–water partition coefficient (Wildman–Crippen LogP) is 5.56. The van der Waals surface area contributed by atoms with Gasteiger partial charge in [-0.15, -0.1) is 0 Å². The zero-order valence-corrected chi connectivity index (χ0v) is 17.4. The first-order chi connectivity index (χ1) is 15.1. The van der Waals surface area contributed by atoms with Crippen molar-refractivity contribution >= 4 is 22.6 Å². The van der Waals surface area contributed by atoms with Gasteiger partial charge in [0.2, 0.25) is 11.2 Å². The summed E-state index contributed by atoms with van der Waals surface area (Å²) in [5, 5.41) is 3.27. The van der Waals surface area contributed by atoms with Crippen LogP contribution in [-0.2, 0) is 4.79 Å². The summed E-state index contributed by atoms with van der Waals surface area (Å²) in [5.41, 5.74) is 2.64. The first kappa shape index (κ1) is 20.4. The van der Waals surface area contributed by atoms with E-state index in [1.807, 2.05) is 74.5 Å². The van der Waals surface area contributed by atoms with Crippen LogP contribution in [0.25, 0.3) is 22.3 Å². The molecule has 3 aromatic carbocycles. The first-order valence-electron chi connectivity index (χ1n) is 10.2. The summed E-state index contributed by atoms with van der Waals surface area (Å²) >= 11 is 0. The zero-order valence-electron chi connectivity index (χ0n) is 17.4. The Morgan fingerprint density at radius 3 is 2.35 bits per heavy atom. The number of carbonyl (C=O) groups is 1. The SMILES string of the molecule is CCC(Oc1c(-c2ccccc2)oc2ccccc2c1=O)C(=O)Nc1ccc(C)cc1. The van der Waals surface area contributed by atoms with Gasteiger partial charge in [-0.3, -0.25) is 9.59 Å². The summed E-state index contributed by atoms with van der Waals surface area (Å²) in [6.07, 6.45) is -0.467. The first-order valence-corrected chi connectivity index (χ1v) is 10.2. The van der Waals surface area contributed by atoms with Crippen molar-refractivity contribution in [1.82, 2.24) is 0 Å². The van der Waals surface area contributed by atoms with Crippen molar-refractivity contribution in [2.24, 2.45) is 0 Å². The van der Waals surface area contributed by atoms with E-state index in [1.54, 1.807) is 18.2 Å². The van der Waals surface area contributed by atoms with E-state index >= 15 is 0 Å². The van der Waals surface area contributed by atoms with Gasteiger partial charge < -0.3 is 14.5 Å². The average Bonchev–Trinajstić information content (AvgIpc) is 2.80. The maximum atomic E-state index is 13.3. The molecule has 1 amide bonds. The average molecular weight is 413 g/mol. The number of benzene rings is 3. The highest BCUT2D eigenvalue weighted by Gasteiger charge is 2.25. The molecule has 1 aromatic heterocycles. The van der Waals surface area contributed by atoms with Crippen LogP contribution in [0.2, 0.25) is 0 Å². The molecule has 156 valence electrons. The summed E-state index contributed by atoms with van der Waals surface area (Å²) in [6, 6.07) is 23.8. The van der Waals surface area contributed by atoms with Crippen LogP contribution in [0.4, 0.5) is 5.69 Å². The molecule has 4 rings (SSSR count). The van der Waals surface area contributed by atoms with Gasteiger partial charge >= 0.3 is 0 Å². The number of nitrogens with one attached hydrogen (secondary N) is 1. The summed E-state index contributed by atoms with van der Waals surface area (Å²) in [5.74, 6) is 0.0274. The number of anilines is 1. The molecule has 1 N–H and O–H groups in total. The predicted molar refractivity (Wildman–Crippen MR) is 122 cm³/mol. The van der Waals surface area contributed by atoms with Gasteiger partial charge in [0.25, 0.3) is 5.91 Å². The Bertz CT molecular complexity index is 1260.